The highest BCUT2D eigenvalue weighted by molar-refractivity contribution is 5.49. The monoisotopic (exact) mass is 273 g/mol. The number of pyridine rings is 1. The molecule has 108 valence electrons. The second-order valence-corrected chi connectivity index (χ2v) is 6.37. The second-order valence-electron chi connectivity index (χ2n) is 6.37. The fraction of sp³-hybridized carbons (Fsp3) is 0.600. The summed E-state index contributed by atoms with van der Waals surface area (Å²) in [7, 11) is 0. The van der Waals surface area contributed by atoms with Crippen LogP contribution in [0.15, 0.2) is 18.3 Å². The largest absolute Gasteiger partial charge is 0.351 e. The molecule has 3 heterocycles. The number of anilines is 1. The predicted octanol–water partition coefficient (Wildman–Crippen LogP) is 2.23. The molecule has 0 radical (unpaired) electrons. The number of piperidine rings is 1. The van der Waals surface area contributed by atoms with Gasteiger partial charge >= 0.3 is 0 Å². The van der Waals surface area contributed by atoms with E-state index in [0.29, 0.717) is 17.4 Å². The van der Waals surface area contributed by atoms with E-state index < -0.39 is 0 Å². The van der Waals surface area contributed by atoms with Crippen LogP contribution in [0.25, 0.3) is 5.65 Å². The zero-order valence-corrected chi connectivity index (χ0v) is 12.5. The molecule has 0 bridgehead atoms. The summed E-state index contributed by atoms with van der Waals surface area (Å²) in [4.78, 5) is 4.56. The standard InChI is InChI=1S/C15H23N5/c1-11-6-4-9-20-13(11)18-14(19-20)17-10-12-15(2,3)7-5-8-16-12/h4,6,9,12,16H,5,7-8,10H2,1-3H3,(H,17,19). The van der Waals surface area contributed by atoms with E-state index in [4.69, 9.17) is 0 Å². The molecule has 0 saturated carbocycles. The van der Waals surface area contributed by atoms with Gasteiger partial charge in [0.2, 0.25) is 5.95 Å². The first-order valence-corrected chi connectivity index (χ1v) is 7.35. The van der Waals surface area contributed by atoms with E-state index >= 15 is 0 Å². The summed E-state index contributed by atoms with van der Waals surface area (Å²) < 4.78 is 1.83. The molecule has 2 N–H and O–H groups in total. The van der Waals surface area contributed by atoms with E-state index in [9.17, 15) is 0 Å². The SMILES string of the molecule is Cc1cccn2nc(NCC3NCCCC3(C)C)nc12. The Morgan fingerprint density at radius 2 is 2.35 bits per heavy atom. The summed E-state index contributed by atoms with van der Waals surface area (Å²) >= 11 is 0. The van der Waals surface area contributed by atoms with Crippen LogP contribution in [0.4, 0.5) is 5.95 Å². The van der Waals surface area contributed by atoms with Crippen molar-refractivity contribution in [1.82, 2.24) is 19.9 Å². The molecule has 5 nitrogen and oxygen atoms in total. The average Bonchev–Trinajstić information content (AvgIpc) is 2.81. The van der Waals surface area contributed by atoms with Gasteiger partial charge in [0, 0.05) is 18.8 Å². The van der Waals surface area contributed by atoms with Crippen LogP contribution >= 0.6 is 0 Å². The molecule has 3 rings (SSSR count). The number of aryl methyl sites for hydroxylation is 1. The van der Waals surface area contributed by atoms with Crippen molar-refractivity contribution >= 4 is 11.6 Å². The van der Waals surface area contributed by atoms with Crippen LogP contribution in [0.3, 0.4) is 0 Å². The molecular formula is C15H23N5. The van der Waals surface area contributed by atoms with Crippen LogP contribution in [-0.4, -0.2) is 33.7 Å². The molecule has 20 heavy (non-hydrogen) atoms. The number of hydrogen-bond donors (Lipinski definition) is 2. The van der Waals surface area contributed by atoms with Gasteiger partial charge in [-0.25, -0.2) is 4.52 Å². The molecule has 0 spiro atoms. The number of nitrogens with zero attached hydrogens (tertiary/aromatic N) is 3. The number of aromatic nitrogens is 3. The summed E-state index contributed by atoms with van der Waals surface area (Å²) in [6.07, 6.45) is 4.46. The van der Waals surface area contributed by atoms with Gasteiger partial charge < -0.3 is 10.6 Å². The van der Waals surface area contributed by atoms with Crippen molar-refractivity contribution in [1.29, 1.82) is 0 Å². The summed E-state index contributed by atoms with van der Waals surface area (Å²) in [5, 5.41) is 11.5. The fourth-order valence-corrected chi connectivity index (χ4v) is 2.93. The molecule has 1 aliphatic rings. The van der Waals surface area contributed by atoms with Crippen molar-refractivity contribution in [2.75, 3.05) is 18.4 Å². The van der Waals surface area contributed by atoms with Gasteiger partial charge in [-0.1, -0.05) is 19.9 Å². The average molecular weight is 273 g/mol. The Hall–Kier alpha value is -1.62. The Balaban J connectivity index is 1.72. The zero-order chi connectivity index (χ0) is 14.2. The number of nitrogens with one attached hydrogen (secondary N) is 2. The lowest BCUT2D eigenvalue weighted by atomic mass is 9.77. The van der Waals surface area contributed by atoms with Crippen LogP contribution in [0.5, 0.6) is 0 Å². The van der Waals surface area contributed by atoms with E-state index in [1.165, 1.54) is 12.8 Å². The first-order valence-electron chi connectivity index (χ1n) is 7.35. The van der Waals surface area contributed by atoms with E-state index in [1.54, 1.807) is 0 Å². The lowest BCUT2D eigenvalue weighted by Crippen LogP contribution is -2.50. The first-order chi connectivity index (χ1) is 9.56. The highest BCUT2D eigenvalue weighted by Crippen LogP contribution is 2.30. The summed E-state index contributed by atoms with van der Waals surface area (Å²) in [5.41, 5.74) is 2.38. The predicted molar refractivity (Wildman–Crippen MR) is 81.0 cm³/mol. The van der Waals surface area contributed by atoms with Crippen LogP contribution in [0.1, 0.15) is 32.3 Å². The summed E-state index contributed by atoms with van der Waals surface area (Å²) in [5.74, 6) is 0.711. The molecular weight excluding hydrogens is 250 g/mol. The van der Waals surface area contributed by atoms with Gasteiger partial charge in [-0.05, 0) is 43.4 Å². The number of hydrogen-bond acceptors (Lipinski definition) is 4. The number of rotatable bonds is 3. The smallest absolute Gasteiger partial charge is 0.243 e. The van der Waals surface area contributed by atoms with Crippen molar-refractivity contribution < 1.29 is 0 Å². The van der Waals surface area contributed by atoms with Gasteiger partial charge in [0.1, 0.15) is 0 Å². The molecule has 1 atom stereocenters. The number of fused-ring (bicyclic) bond motifs is 1. The van der Waals surface area contributed by atoms with Gasteiger partial charge in [0.05, 0.1) is 0 Å². The topological polar surface area (TPSA) is 54.2 Å². The lowest BCUT2D eigenvalue weighted by molar-refractivity contribution is 0.188. The van der Waals surface area contributed by atoms with Gasteiger partial charge in [-0.15, -0.1) is 5.10 Å². The Kier molecular flexibility index (Phi) is 3.38. The zero-order valence-electron chi connectivity index (χ0n) is 12.5. The molecule has 1 unspecified atom stereocenters. The van der Waals surface area contributed by atoms with E-state index in [-0.39, 0.29) is 0 Å². The molecule has 2 aromatic heterocycles. The summed E-state index contributed by atoms with van der Waals surface area (Å²) in [6.45, 7) is 8.68. The third kappa shape index (κ3) is 2.50. The Morgan fingerprint density at radius 3 is 3.10 bits per heavy atom. The highest BCUT2D eigenvalue weighted by Gasteiger charge is 2.31. The maximum atomic E-state index is 4.56. The molecule has 1 saturated heterocycles. The minimum absolute atomic E-state index is 0.320. The minimum Gasteiger partial charge on any atom is -0.351 e. The molecule has 1 fully saturated rings. The van der Waals surface area contributed by atoms with Crippen LogP contribution < -0.4 is 10.6 Å². The molecule has 5 heteroatoms. The normalized spacial score (nSPS) is 22.1. The van der Waals surface area contributed by atoms with Crippen LogP contribution in [-0.2, 0) is 0 Å². The highest BCUT2D eigenvalue weighted by atomic mass is 15.3. The Labute approximate surface area is 119 Å². The maximum absolute atomic E-state index is 4.56. The third-order valence-electron chi connectivity index (χ3n) is 4.35. The summed E-state index contributed by atoms with van der Waals surface area (Å²) in [6, 6.07) is 4.51. The Morgan fingerprint density at radius 1 is 1.50 bits per heavy atom. The van der Waals surface area contributed by atoms with Gasteiger partial charge in [-0.3, -0.25) is 0 Å². The van der Waals surface area contributed by atoms with Crippen LogP contribution in [0.2, 0.25) is 0 Å². The van der Waals surface area contributed by atoms with Crippen molar-refractivity contribution in [3.63, 3.8) is 0 Å². The second kappa shape index (κ2) is 5.05. The molecule has 0 aliphatic carbocycles. The van der Waals surface area contributed by atoms with E-state index in [0.717, 1.165) is 24.3 Å². The van der Waals surface area contributed by atoms with E-state index in [2.05, 4.69) is 47.6 Å². The third-order valence-corrected chi connectivity index (χ3v) is 4.35. The van der Waals surface area contributed by atoms with Crippen molar-refractivity contribution in [2.45, 2.75) is 39.7 Å². The molecule has 2 aromatic rings. The van der Waals surface area contributed by atoms with Crippen LogP contribution in [0, 0.1) is 12.3 Å². The maximum Gasteiger partial charge on any atom is 0.243 e. The quantitative estimate of drug-likeness (QED) is 0.900. The van der Waals surface area contributed by atoms with Crippen molar-refractivity contribution in [3.8, 4) is 0 Å². The molecule has 1 aliphatic heterocycles. The first kappa shape index (κ1) is 13.4. The minimum atomic E-state index is 0.320. The lowest BCUT2D eigenvalue weighted by Gasteiger charge is -2.39. The van der Waals surface area contributed by atoms with Gasteiger partial charge in [0.15, 0.2) is 5.65 Å². The molecule has 0 aromatic carbocycles. The van der Waals surface area contributed by atoms with Crippen molar-refractivity contribution in [3.05, 3.63) is 23.9 Å². The van der Waals surface area contributed by atoms with Crippen molar-refractivity contribution in [2.24, 2.45) is 5.41 Å². The molecule has 0 amide bonds. The van der Waals surface area contributed by atoms with Gasteiger partial charge in [-0.2, -0.15) is 4.98 Å². The fourth-order valence-electron chi connectivity index (χ4n) is 2.93. The van der Waals surface area contributed by atoms with Gasteiger partial charge in [0.25, 0.3) is 0 Å². The van der Waals surface area contributed by atoms with E-state index in [1.807, 2.05) is 16.8 Å². The Bertz CT molecular complexity index is 601.